The van der Waals surface area contributed by atoms with E-state index in [9.17, 15) is 0 Å². The molecule has 3 atom stereocenters. The van der Waals surface area contributed by atoms with Crippen LogP contribution in [-0.2, 0) is 11.8 Å². The van der Waals surface area contributed by atoms with Gasteiger partial charge in [-0.25, -0.2) is 0 Å². The van der Waals surface area contributed by atoms with Gasteiger partial charge in [0.1, 0.15) is 0 Å². The van der Waals surface area contributed by atoms with Gasteiger partial charge in [-0.1, -0.05) is 163 Å². The lowest BCUT2D eigenvalue weighted by atomic mass is 9.78. The highest BCUT2D eigenvalue weighted by atomic mass is 14.4. The molecule has 5 aromatic rings. The minimum Gasteiger partial charge on any atom is -0.0870 e. The van der Waals surface area contributed by atoms with Crippen molar-refractivity contribution in [2.75, 3.05) is 0 Å². The molecule has 0 amide bonds. The predicted octanol–water partition coefficient (Wildman–Crippen LogP) is 12.9. The highest BCUT2D eigenvalue weighted by molar-refractivity contribution is 6.04. The minimum atomic E-state index is -0.0628. The molecule has 0 fully saturated rings. The number of hydrogen-bond donors (Lipinski definition) is 0. The molecule has 3 unspecified atom stereocenters. The Labute approximate surface area is 276 Å². The fraction of sp³-hybridized carbons (Fsp3) is 0.304. The molecule has 46 heavy (non-hydrogen) atoms. The number of fused-ring (bicyclic) bond motifs is 6. The molecule has 0 spiro atoms. The highest BCUT2D eigenvalue weighted by Crippen LogP contribution is 2.53. The monoisotopic (exact) mass is 600 g/mol. The van der Waals surface area contributed by atoms with Crippen molar-refractivity contribution in [2.45, 2.75) is 90.9 Å². The van der Waals surface area contributed by atoms with Crippen LogP contribution in [0.15, 0.2) is 115 Å². The summed E-state index contributed by atoms with van der Waals surface area (Å²) in [5.74, 6) is 1.31. The van der Waals surface area contributed by atoms with Crippen molar-refractivity contribution >= 4 is 16.3 Å². The molecular weight excluding hydrogens is 553 g/mol. The lowest BCUT2D eigenvalue weighted by Gasteiger charge is -2.26. The molecular formula is C46H48. The molecule has 232 valence electrons. The van der Waals surface area contributed by atoms with Crippen molar-refractivity contribution in [1.29, 1.82) is 0 Å². The summed E-state index contributed by atoms with van der Waals surface area (Å²) >= 11 is 0. The maximum absolute atomic E-state index is 2.54. The van der Waals surface area contributed by atoms with Crippen LogP contribution in [0.5, 0.6) is 0 Å². The van der Waals surface area contributed by atoms with E-state index in [0.29, 0.717) is 17.8 Å². The molecule has 0 radical (unpaired) electrons. The van der Waals surface area contributed by atoms with Crippen LogP contribution in [0.4, 0.5) is 0 Å². The third kappa shape index (κ3) is 4.89. The average Bonchev–Trinajstić information content (AvgIpc) is 3.46. The van der Waals surface area contributed by atoms with E-state index < -0.39 is 0 Å². The number of benzene rings is 5. The summed E-state index contributed by atoms with van der Waals surface area (Å²) in [6, 6.07) is 37.2. The van der Waals surface area contributed by atoms with Crippen molar-refractivity contribution in [1.82, 2.24) is 0 Å². The second kappa shape index (κ2) is 11.9. The van der Waals surface area contributed by atoms with Gasteiger partial charge in [0.05, 0.1) is 0 Å². The minimum absolute atomic E-state index is 0.0628. The SMILES string of the molecule is C/C=C\C1=C(CCC)C(C)c2cc(C(C)C(C)c3ccc4c(c3)C(C)(C)c3cc(Cc5ccccc5)c5ccccc5c3-4)ccc21. The number of allylic oxidation sites excluding steroid dienone is 4. The first kappa shape index (κ1) is 30.5. The molecule has 7 rings (SSSR count). The first-order valence-corrected chi connectivity index (χ1v) is 17.5. The fourth-order valence-corrected chi connectivity index (χ4v) is 8.54. The normalized spacial score (nSPS) is 17.8. The van der Waals surface area contributed by atoms with E-state index in [1.807, 2.05) is 0 Å². The van der Waals surface area contributed by atoms with Gasteiger partial charge in [0.2, 0.25) is 0 Å². The van der Waals surface area contributed by atoms with E-state index >= 15 is 0 Å². The predicted molar refractivity (Wildman–Crippen MR) is 199 cm³/mol. The largest absolute Gasteiger partial charge is 0.0870 e. The van der Waals surface area contributed by atoms with Crippen molar-refractivity contribution < 1.29 is 0 Å². The van der Waals surface area contributed by atoms with Crippen LogP contribution < -0.4 is 0 Å². The molecule has 0 saturated heterocycles. The van der Waals surface area contributed by atoms with Crippen LogP contribution in [0, 0.1) is 0 Å². The van der Waals surface area contributed by atoms with Crippen molar-refractivity contribution in [2.24, 2.45) is 0 Å². The van der Waals surface area contributed by atoms with E-state index in [4.69, 9.17) is 0 Å². The summed E-state index contributed by atoms with van der Waals surface area (Å²) < 4.78 is 0. The summed E-state index contributed by atoms with van der Waals surface area (Å²) in [6.45, 7) is 16.6. The van der Waals surface area contributed by atoms with Crippen LogP contribution in [0.3, 0.4) is 0 Å². The van der Waals surface area contributed by atoms with E-state index in [1.54, 1.807) is 5.57 Å². The molecule has 0 bridgehead atoms. The third-order valence-electron chi connectivity index (χ3n) is 11.4. The van der Waals surface area contributed by atoms with Crippen molar-refractivity contribution in [3.8, 4) is 11.1 Å². The Bertz CT molecular complexity index is 2000. The van der Waals surface area contributed by atoms with E-state index in [1.165, 1.54) is 84.8 Å². The van der Waals surface area contributed by atoms with Gasteiger partial charge in [-0.3, -0.25) is 0 Å². The molecule has 0 aromatic heterocycles. The summed E-state index contributed by atoms with van der Waals surface area (Å²) in [5.41, 5.74) is 17.4. The molecule has 5 aromatic carbocycles. The lowest BCUT2D eigenvalue weighted by molar-refractivity contribution is 0.615. The van der Waals surface area contributed by atoms with Gasteiger partial charge in [0, 0.05) is 11.3 Å². The summed E-state index contributed by atoms with van der Waals surface area (Å²) in [7, 11) is 0. The molecule has 2 aliphatic carbocycles. The van der Waals surface area contributed by atoms with E-state index in [2.05, 4.69) is 158 Å². The standard InChI is InChI=1S/C46H48/c1-8-15-36-31(5)42-26-33(21-23-39(42)38(36)16-9-2)29(3)30(4)34-22-24-41-43(27-34)46(6,7)44-28-35(25-32-17-11-10-12-18-32)37-19-13-14-20-40(37)45(41)44/h9-14,16-24,26-31H,8,15,25H2,1-7H3/b16-9-. The molecule has 0 aliphatic heterocycles. The van der Waals surface area contributed by atoms with E-state index in [-0.39, 0.29) is 5.41 Å². The van der Waals surface area contributed by atoms with Gasteiger partial charge in [0.15, 0.2) is 0 Å². The molecule has 0 saturated carbocycles. The van der Waals surface area contributed by atoms with Crippen molar-refractivity contribution in [3.05, 3.63) is 159 Å². The Morgan fingerprint density at radius 1 is 0.739 bits per heavy atom. The first-order valence-electron chi connectivity index (χ1n) is 17.5. The second-order valence-corrected chi connectivity index (χ2v) is 14.4. The summed E-state index contributed by atoms with van der Waals surface area (Å²) in [5, 5.41) is 2.76. The van der Waals surface area contributed by atoms with Gasteiger partial charge < -0.3 is 0 Å². The van der Waals surface area contributed by atoms with Crippen LogP contribution in [0.1, 0.15) is 124 Å². The van der Waals surface area contributed by atoms with Crippen LogP contribution >= 0.6 is 0 Å². The van der Waals surface area contributed by atoms with Crippen LogP contribution in [0.2, 0.25) is 0 Å². The molecule has 2 aliphatic rings. The zero-order valence-electron chi connectivity index (χ0n) is 28.7. The number of rotatable bonds is 8. The Kier molecular flexibility index (Phi) is 7.88. The Morgan fingerprint density at radius 2 is 1.39 bits per heavy atom. The van der Waals surface area contributed by atoms with E-state index in [0.717, 1.165) is 6.42 Å². The van der Waals surface area contributed by atoms with Crippen molar-refractivity contribution in [3.63, 3.8) is 0 Å². The van der Waals surface area contributed by atoms with Gasteiger partial charge in [-0.2, -0.15) is 0 Å². The number of hydrogen-bond acceptors (Lipinski definition) is 0. The Hall–Kier alpha value is -4.16. The third-order valence-corrected chi connectivity index (χ3v) is 11.4. The first-order chi connectivity index (χ1) is 22.2. The quantitative estimate of drug-likeness (QED) is 0.166. The summed E-state index contributed by atoms with van der Waals surface area (Å²) in [6.07, 6.45) is 7.85. The lowest BCUT2D eigenvalue weighted by Crippen LogP contribution is -2.16. The maximum atomic E-state index is 2.54. The molecule has 0 N–H and O–H groups in total. The van der Waals surface area contributed by atoms with Gasteiger partial charge >= 0.3 is 0 Å². The Balaban J connectivity index is 1.24. The molecule has 0 heterocycles. The second-order valence-electron chi connectivity index (χ2n) is 14.4. The zero-order chi connectivity index (χ0) is 32.2. The summed E-state index contributed by atoms with van der Waals surface area (Å²) in [4.78, 5) is 0. The molecule has 0 nitrogen and oxygen atoms in total. The van der Waals surface area contributed by atoms with Crippen LogP contribution in [0.25, 0.3) is 27.5 Å². The topological polar surface area (TPSA) is 0 Å². The van der Waals surface area contributed by atoms with Crippen LogP contribution in [-0.4, -0.2) is 0 Å². The zero-order valence-corrected chi connectivity index (χ0v) is 28.7. The smallest absolute Gasteiger partial charge is 0.0159 e. The van der Waals surface area contributed by atoms with Gasteiger partial charge in [-0.05, 0) is 104 Å². The highest BCUT2D eigenvalue weighted by Gasteiger charge is 2.38. The molecule has 0 heteroatoms. The average molecular weight is 601 g/mol. The van der Waals surface area contributed by atoms with Gasteiger partial charge in [0.25, 0.3) is 0 Å². The maximum Gasteiger partial charge on any atom is 0.0159 e. The van der Waals surface area contributed by atoms with Gasteiger partial charge in [-0.15, -0.1) is 0 Å². The fourth-order valence-electron chi connectivity index (χ4n) is 8.54. The Morgan fingerprint density at radius 3 is 2.09 bits per heavy atom.